The first kappa shape index (κ1) is 21.5. The van der Waals surface area contributed by atoms with Crippen LogP contribution in [0.3, 0.4) is 0 Å². The van der Waals surface area contributed by atoms with E-state index in [1.165, 1.54) is 0 Å². The Labute approximate surface area is 190 Å². The molecule has 1 fully saturated rings. The number of nitrogens with one attached hydrogen (secondary N) is 1. The van der Waals surface area contributed by atoms with Crippen LogP contribution in [0.2, 0.25) is 5.02 Å². The third-order valence-corrected chi connectivity index (χ3v) is 6.53. The van der Waals surface area contributed by atoms with Gasteiger partial charge in [-0.15, -0.1) is 11.3 Å². The van der Waals surface area contributed by atoms with Gasteiger partial charge in [-0.3, -0.25) is 9.59 Å². The van der Waals surface area contributed by atoms with Crippen molar-refractivity contribution in [1.82, 2.24) is 20.2 Å². The predicted molar refractivity (Wildman–Crippen MR) is 124 cm³/mol. The first-order valence-corrected chi connectivity index (χ1v) is 11.5. The van der Waals surface area contributed by atoms with Crippen LogP contribution in [-0.4, -0.2) is 58.9 Å². The lowest BCUT2D eigenvalue weighted by molar-refractivity contribution is -0.134. The third-order valence-electron chi connectivity index (χ3n) is 5.46. The van der Waals surface area contributed by atoms with E-state index in [0.29, 0.717) is 36.8 Å². The van der Waals surface area contributed by atoms with Gasteiger partial charge in [0.05, 0.1) is 5.39 Å². The largest absolute Gasteiger partial charge is 0.352 e. The number of hydrogen-bond acceptors (Lipinski definition) is 6. The molecule has 9 heteroatoms. The Hall–Kier alpha value is -2.71. The molecule has 162 valence electrons. The summed E-state index contributed by atoms with van der Waals surface area (Å²) >= 11 is 7.50. The molecule has 1 aliphatic rings. The number of anilines is 1. The van der Waals surface area contributed by atoms with Crippen LogP contribution in [0.1, 0.15) is 24.2 Å². The van der Waals surface area contributed by atoms with Crippen LogP contribution in [0.25, 0.3) is 10.2 Å². The Kier molecular flexibility index (Phi) is 6.38. The van der Waals surface area contributed by atoms with Gasteiger partial charge in [0.15, 0.2) is 0 Å². The van der Waals surface area contributed by atoms with Crippen molar-refractivity contribution < 1.29 is 9.59 Å². The van der Waals surface area contributed by atoms with Gasteiger partial charge in [0.25, 0.3) is 5.91 Å². The molecule has 1 aliphatic heterocycles. The zero-order valence-electron chi connectivity index (χ0n) is 17.4. The van der Waals surface area contributed by atoms with Gasteiger partial charge in [-0.1, -0.05) is 25.4 Å². The minimum atomic E-state index is -0.586. The summed E-state index contributed by atoms with van der Waals surface area (Å²) in [5.74, 6) is 0.549. The molecule has 1 aromatic carbocycles. The second-order valence-electron chi connectivity index (χ2n) is 7.85. The van der Waals surface area contributed by atoms with Crippen molar-refractivity contribution in [2.45, 2.75) is 19.9 Å². The van der Waals surface area contributed by atoms with E-state index in [9.17, 15) is 9.59 Å². The quantitative estimate of drug-likeness (QED) is 0.634. The lowest BCUT2D eigenvalue weighted by Gasteiger charge is -2.38. The van der Waals surface area contributed by atoms with Crippen molar-refractivity contribution in [2.24, 2.45) is 5.92 Å². The Morgan fingerprint density at radius 3 is 2.45 bits per heavy atom. The van der Waals surface area contributed by atoms with Gasteiger partial charge in [-0.2, -0.15) is 0 Å². The molecule has 2 amide bonds. The molecule has 1 unspecified atom stereocenters. The average molecular weight is 458 g/mol. The van der Waals surface area contributed by atoms with Gasteiger partial charge >= 0.3 is 0 Å². The summed E-state index contributed by atoms with van der Waals surface area (Å²) in [6.45, 7) is 6.40. The third kappa shape index (κ3) is 4.65. The van der Waals surface area contributed by atoms with E-state index in [2.05, 4.69) is 20.2 Å². The van der Waals surface area contributed by atoms with E-state index >= 15 is 0 Å². The van der Waals surface area contributed by atoms with Crippen molar-refractivity contribution >= 4 is 50.8 Å². The molecule has 1 atom stereocenters. The van der Waals surface area contributed by atoms with Crippen LogP contribution in [0.4, 0.5) is 5.82 Å². The van der Waals surface area contributed by atoms with E-state index < -0.39 is 6.04 Å². The molecule has 1 N–H and O–H groups in total. The molecule has 0 spiro atoms. The Morgan fingerprint density at radius 1 is 1.06 bits per heavy atom. The van der Waals surface area contributed by atoms with Crippen LogP contribution >= 0.6 is 22.9 Å². The number of aromatic nitrogens is 2. The Balaban J connectivity index is 1.41. The second kappa shape index (κ2) is 9.20. The number of benzene rings is 1. The minimum absolute atomic E-state index is 0.0333. The van der Waals surface area contributed by atoms with Crippen LogP contribution in [0.15, 0.2) is 42.0 Å². The van der Waals surface area contributed by atoms with E-state index in [0.717, 1.165) is 16.0 Å². The molecular formula is C22H24ClN5O2S. The van der Waals surface area contributed by atoms with E-state index in [-0.39, 0.29) is 17.7 Å². The number of carbonyl (C=O) groups excluding carboxylic acids is 2. The second-order valence-corrected chi connectivity index (χ2v) is 9.18. The lowest BCUT2D eigenvalue weighted by atomic mass is 10.0. The fourth-order valence-corrected chi connectivity index (χ4v) is 4.56. The topological polar surface area (TPSA) is 78.4 Å². The number of nitrogens with zero attached hydrogens (tertiary/aromatic N) is 4. The molecule has 2 aromatic heterocycles. The molecule has 31 heavy (non-hydrogen) atoms. The van der Waals surface area contributed by atoms with Crippen LogP contribution < -0.4 is 10.2 Å². The summed E-state index contributed by atoms with van der Waals surface area (Å²) in [5, 5.41) is 6.53. The fourth-order valence-electron chi connectivity index (χ4n) is 3.70. The Morgan fingerprint density at radius 2 is 1.77 bits per heavy atom. The zero-order valence-corrected chi connectivity index (χ0v) is 19.0. The van der Waals surface area contributed by atoms with Gasteiger partial charge in [0.1, 0.15) is 23.0 Å². The number of rotatable bonds is 5. The molecule has 1 saturated heterocycles. The van der Waals surface area contributed by atoms with E-state index in [4.69, 9.17) is 11.6 Å². The van der Waals surface area contributed by atoms with E-state index in [1.807, 2.05) is 30.2 Å². The SMILES string of the molecule is CC(C)C(NC(=O)c1ccc(Cl)cc1)C(=O)N1CCN(c2ncnc3sccc23)CC1. The monoisotopic (exact) mass is 457 g/mol. The molecule has 0 bridgehead atoms. The smallest absolute Gasteiger partial charge is 0.251 e. The highest BCUT2D eigenvalue weighted by molar-refractivity contribution is 7.16. The highest BCUT2D eigenvalue weighted by Crippen LogP contribution is 2.27. The molecule has 0 radical (unpaired) electrons. The summed E-state index contributed by atoms with van der Waals surface area (Å²) in [5.41, 5.74) is 0.483. The van der Waals surface area contributed by atoms with Crippen molar-refractivity contribution in [1.29, 1.82) is 0 Å². The first-order valence-electron chi connectivity index (χ1n) is 10.2. The normalized spacial score (nSPS) is 15.4. The number of piperazine rings is 1. The van der Waals surface area contributed by atoms with Gasteiger partial charge in [-0.25, -0.2) is 9.97 Å². The predicted octanol–water partition coefficient (Wildman–Crippen LogP) is 3.45. The minimum Gasteiger partial charge on any atom is -0.352 e. The number of carbonyl (C=O) groups is 2. The van der Waals surface area contributed by atoms with Crippen molar-refractivity contribution in [3.05, 3.63) is 52.6 Å². The molecular weight excluding hydrogens is 434 g/mol. The van der Waals surface area contributed by atoms with Crippen LogP contribution in [0, 0.1) is 5.92 Å². The molecule has 3 heterocycles. The lowest BCUT2D eigenvalue weighted by Crippen LogP contribution is -2.56. The van der Waals surface area contributed by atoms with Crippen molar-refractivity contribution in [2.75, 3.05) is 31.1 Å². The summed E-state index contributed by atoms with van der Waals surface area (Å²) in [6, 6.07) is 8.10. The zero-order chi connectivity index (χ0) is 22.0. The van der Waals surface area contributed by atoms with Gasteiger partial charge in [0.2, 0.25) is 5.91 Å². The van der Waals surface area contributed by atoms with Crippen LogP contribution in [0.5, 0.6) is 0 Å². The van der Waals surface area contributed by atoms with Crippen LogP contribution in [-0.2, 0) is 4.79 Å². The van der Waals surface area contributed by atoms with Gasteiger partial charge in [-0.05, 0) is 41.6 Å². The molecule has 7 nitrogen and oxygen atoms in total. The summed E-state index contributed by atoms with van der Waals surface area (Å²) < 4.78 is 0. The number of thiophene rings is 1. The summed E-state index contributed by atoms with van der Waals surface area (Å²) in [6.07, 6.45) is 1.59. The number of halogens is 1. The van der Waals surface area contributed by atoms with Crippen molar-refractivity contribution in [3.63, 3.8) is 0 Å². The van der Waals surface area contributed by atoms with Gasteiger partial charge in [0, 0.05) is 36.8 Å². The maximum absolute atomic E-state index is 13.2. The number of hydrogen-bond donors (Lipinski definition) is 1. The first-order chi connectivity index (χ1) is 14.9. The number of fused-ring (bicyclic) bond motifs is 1. The molecule has 3 aromatic rings. The Bertz CT molecular complexity index is 1080. The maximum Gasteiger partial charge on any atom is 0.251 e. The highest BCUT2D eigenvalue weighted by atomic mass is 35.5. The summed E-state index contributed by atoms with van der Waals surface area (Å²) in [7, 11) is 0. The van der Waals surface area contributed by atoms with Crippen molar-refractivity contribution in [3.8, 4) is 0 Å². The number of amides is 2. The molecule has 0 aliphatic carbocycles. The summed E-state index contributed by atoms with van der Waals surface area (Å²) in [4.78, 5) is 39.6. The fraction of sp³-hybridized carbons (Fsp3) is 0.364. The highest BCUT2D eigenvalue weighted by Gasteiger charge is 2.31. The average Bonchev–Trinajstić information content (AvgIpc) is 3.26. The van der Waals surface area contributed by atoms with Gasteiger partial charge < -0.3 is 15.1 Å². The van der Waals surface area contributed by atoms with E-state index in [1.54, 1.807) is 41.9 Å². The molecule has 4 rings (SSSR count). The maximum atomic E-state index is 13.2. The standard InChI is InChI=1S/C22H24ClN5O2S/c1-14(2)18(26-20(29)15-3-5-16(23)6-4-15)22(30)28-10-8-27(9-11-28)19-17-7-12-31-21(17)25-13-24-19/h3-7,12-14,18H,8-11H2,1-2H3,(H,26,29). The molecule has 0 saturated carbocycles.